The Morgan fingerprint density at radius 3 is 2.54 bits per heavy atom. The molecule has 0 N–H and O–H groups in total. The topological polar surface area (TPSA) is 102 Å². The van der Waals surface area contributed by atoms with Crippen LogP contribution < -0.4 is 9.64 Å². The lowest BCUT2D eigenvalue weighted by Gasteiger charge is -2.56. The van der Waals surface area contributed by atoms with E-state index in [0.29, 0.717) is 30.8 Å². The summed E-state index contributed by atoms with van der Waals surface area (Å²) in [6, 6.07) is 2.15. The van der Waals surface area contributed by atoms with Gasteiger partial charge in [-0.25, -0.2) is 8.42 Å². The van der Waals surface area contributed by atoms with Crippen molar-refractivity contribution < 1.29 is 17.7 Å². The minimum atomic E-state index is -3.15. The number of hydrogen-bond acceptors (Lipinski definition) is 8. The van der Waals surface area contributed by atoms with Crippen LogP contribution >= 0.6 is 0 Å². The Bertz CT molecular complexity index is 1270. The predicted molar refractivity (Wildman–Crippen MR) is 132 cm³/mol. The van der Waals surface area contributed by atoms with Crippen molar-refractivity contribution in [1.82, 2.24) is 19.4 Å². The molecule has 0 amide bonds. The Labute approximate surface area is 206 Å². The third-order valence-electron chi connectivity index (χ3n) is 8.18. The fourth-order valence-corrected chi connectivity index (χ4v) is 7.10. The molecule has 2 aromatic heterocycles. The van der Waals surface area contributed by atoms with Gasteiger partial charge in [-0.2, -0.15) is 9.29 Å². The van der Waals surface area contributed by atoms with Crippen LogP contribution in [0.5, 0.6) is 5.75 Å². The van der Waals surface area contributed by atoms with E-state index in [1.54, 1.807) is 0 Å². The number of ether oxygens (including phenoxy) is 1. The molecular formula is C25H33N5O4S. The van der Waals surface area contributed by atoms with E-state index >= 15 is 0 Å². The molecule has 6 rings (SSSR count). The predicted octanol–water partition coefficient (Wildman–Crippen LogP) is 3.39. The van der Waals surface area contributed by atoms with Gasteiger partial charge >= 0.3 is 0 Å². The molecule has 35 heavy (non-hydrogen) atoms. The largest absolute Gasteiger partial charge is 0.485 e. The summed E-state index contributed by atoms with van der Waals surface area (Å²) in [5, 5.41) is 4.18. The zero-order valence-corrected chi connectivity index (χ0v) is 21.5. The van der Waals surface area contributed by atoms with Crippen LogP contribution in [0.4, 0.5) is 5.95 Å². The van der Waals surface area contributed by atoms with Gasteiger partial charge in [-0.15, -0.1) is 0 Å². The van der Waals surface area contributed by atoms with Gasteiger partial charge in [-0.3, -0.25) is 4.98 Å². The number of anilines is 1. The van der Waals surface area contributed by atoms with Gasteiger partial charge in [0.25, 0.3) is 5.95 Å². The molecule has 1 saturated heterocycles. The number of piperidine rings is 1. The average Bonchev–Trinajstić information content (AvgIpc) is 3.43. The number of nitrogens with zero attached hydrogens (tertiary/aromatic N) is 5. The van der Waals surface area contributed by atoms with Gasteiger partial charge in [-0.05, 0) is 54.3 Å². The normalized spacial score (nSPS) is 23.3. The van der Waals surface area contributed by atoms with Crippen molar-refractivity contribution in [2.45, 2.75) is 63.9 Å². The number of fused-ring (bicyclic) bond motifs is 1. The van der Waals surface area contributed by atoms with E-state index in [-0.39, 0.29) is 11.5 Å². The highest BCUT2D eigenvalue weighted by atomic mass is 32.2. The number of rotatable bonds is 4. The molecule has 188 valence electrons. The van der Waals surface area contributed by atoms with Crippen molar-refractivity contribution in [3.8, 4) is 5.75 Å². The van der Waals surface area contributed by atoms with E-state index < -0.39 is 10.0 Å². The second-order valence-electron chi connectivity index (χ2n) is 11.2. The summed E-state index contributed by atoms with van der Waals surface area (Å²) in [4.78, 5) is 11.5. The van der Waals surface area contributed by atoms with Gasteiger partial charge in [-0.1, -0.05) is 19.9 Å². The van der Waals surface area contributed by atoms with E-state index in [0.717, 1.165) is 68.2 Å². The van der Waals surface area contributed by atoms with Crippen molar-refractivity contribution >= 4 is 21.5 Å². The van der Waals surface area contributed by atoms with Crippen molar-refractivity contribution in [2.75, 3.05) is 37.3 Å². The van der Waals surface area contributed by atoms with E-state index in [4.69, 9.17) is 9.26 Å². The summed E-state index contributed by atoms with van der Waals surface area (Å²) in [6.45, 7) is 6.94. The Kier molecular flexibility index (Phi) is 5.27. The van der Waals surface area contributed by atoms with E-state index in [1.165, 1.54) is 16.1 Å². The first-order chi connectivity index (χ1) is 16.6. The minimum Gasteiger partial charge on any atom is -0.485 e. The monoisotopic (exact) mass is 499 g/mol. The van der Waals surface area contributed by atoms with Crippen LogP contribution in [0.15, 0.2) is 22.9 Å². The Hall–Kier alpha value is -2.46. The smallest absolute Gasteiger partial charge is 0.266 e. The average molecular weight is 500 g/mol. The lowest BCUT2D eigenvalue weighted by atomic mass is 9.54. The quantitative estimate of drug-likeness (QED) is 0.631. The van der Waals surface area contributed by atoms with Crippen LogP contribution in [0.3, 0.4) is 0 Å². The van der Waals surface area contributed by atoms with Crippen LogP contribution in [0.1, 0.15) is 69.0 Å². The zero-order valence-electron chi connectivity index (χ0n) is 20.7. The number of pyridine rings is 1. The lowest BCUT2D eigenvalue weighted by Crippen LogP contribution is -2.58. The third kappa shape index (κ3) is 4.14. The molecule has 10 heteroatoms. The first-order valence-electron chi connectivity index (χ1n) is 12.5. The van der Waals surface area contributed by atoms with Crippen molar-refractivity contribution in [3.63, 3.8) is 0 Å². The fraction of sp³-hybridized carbons (Fsp3) is 0.640. The number of aromatic nitrogens is 3. The van der Waals surface area contributed by atoms with Crippen LogP contribution in [-0.2, 0) is 16.4 Å². The van der Waals surface area contributed by atoms with Gasteiger partial charge in [0.05, 0.1) is 18.1 Å². The summed E-state index contributed by atoms with van der Waals surface area (Å²) in [5.74, 6) is 2.57. The standard InChI is InChI=1S/C25H33N5O4S/c1-17(2)22-27-23(28-34-22)29-10-6-24(7-11-29)15-25(16-24)13-19-12-20(26-14-21(19)33-25)18-4-8-30(9-5-18)35(3,31)32/h4,12,14,17H,5-11,13,15-16H2,1-3H3. The maximum absolute atomic E-state index is 11.8. The molecule has 0 aromatic carbocycles. The van der Waals surface area contributed by atoms with Crippen molar-refractivity contribution in [2.24, 2.45) is 5.41 Å². The molecule has 4 aliphatic rings. The number of hydrogen-bond donors (Lipinski definition) is 0. The second kappa shape index (κ2) is 8.03. The van der Waals surface area contributed by atoms with Gasteiger partial charge < -0.3 is 14.2 Å². The highest BCUT2D eigenvalue weighted by Gasteiger charge is 2.59. The molecule has 3 aliphatic heterocycles. The molecule has 5 heterocycles. The molecule has 2 fully saturated rings. The summed E-state index contributed by atoms with van der Waals surface area (Å²) in [5.41, 5.74) is 3.52. The maximum atomic E-state index is 11.8. The molecule has 2 aromatic rings. The summed E-state index contributed by atoms with van der Waals surface area (Å²) >= 11 is 0. The highest BCUT2D eigenvalue weighted by Crippen LogP contribution is 2.60. The third-order valence-corrected chi connectivity index (χ3v) is 9.45. The Balaban J connectivity index is 1.08. The fourth-order valence-electron chi connectivity index (χ4n) is 6.33. The first kappa shape index (κ1) is 23.0. The molecule has 9 nitrogen and oxygen atoms in total. The number of sulfonamides is 1. The molecule has 0 atom stereocenters. The molecule has 1 aliphatic carbocycles. The van der Waals surface area contributed by atoms with E-state index in [2.05, 4.69) is 39.9 Å². The summed E-state index contributed by atoms with van der Waals surface area (Å²) in [7, 11) is -3.15. The van der Waals surface area contributed by atoms with E-state index in [1.807, 2.05) is 12.3 Å². The molecule has 2 spiro atoms. The summed E-state index contributed by atoms with van der Waals surface area (Å²) < 4.78 is 37.0. The molecular weight excluding hydrogens is 466 g/mol. The Morgan fingerprint density at radius 1 is 1.14 bits per heavy atom. The molecule has 0 unspecified atom stereocenters. The Morgan fingerprint density at radius 2 is 1.91 bits per heavy atom. The SMILES string of the molecule is CC(C)c1nc(N2CCC3(CC2)CC2(Cc4cc(C5=CCN(S(C)(=O)=O)CC5)ncc4O2)C3)no1. The lowest BCUT2D eigenvalue weighted by molar-refractivity contribution is -0.106. The van der Waals surface area contributed by atoms with Crippen LogP contribution in [0, 0.1) is 5.41 Å². The first-order valence-corrected chi connectivity index (χ1v) is 14.4. The summed E-state index contributed by atoms with van der Waals surface area (Å²) in [6.07, 6.45) is 11.1. The van der Waals surface area contributed by atoms with Gasteiger partial charge in [0.2, 0.25) is 15.9 Å². The van der Waals surface area contributed by atoms with E-state index in [9.17, 15) is 8.42 Å². The van der Waals surface area contributed by atoms with Gasteiger partial charge in [0, 0.05) is 44.1 Å². The zero-order chi connectivity index (χ0) is 24.4. The minimum absolute atomic E-state index is 0.101. The van der Waals surface area contributed by atoms with Crippen LogP contribution in [-0.4, -0.2) is 65.9 Å². The van der Waals surface area contributed by atoms with Crippen molar-refractivity contribution in [1.29, 1.82) is 0 Å². The van der Waals surface area contributed by atoms with Gasteiger partial charge in [0.1, 0.15) is 11.4 Å². The van der Waals surface area contributed by atoms with Crippen LogP contribution in [0.2, 0.25) is 0 Å². The van der Waals surface area contributed by atoms with Crippen LogP contribution in [0.25, 0.3) is 5.57 Å². The highest BCUT2D eigenvalue weighted by molar-refractivity contribution is 7.88. The molecule has 1 saturated carbocycles. The van der Waals surface area contributed by atoms with Gasteiger partial charge in [0.15, 0.2) is 0 Å². The maximum Gasteiger partial charge on any atom is 0.266 e. The molecule has 0 bridgehead atoms. The molecule has 0 radical (unpaired) electrons. The van der Waals surface area contributed by atoms with Crippen molar-refractivity contribution in [3.05, 3.63) is 35.5 Å². The second-order valence-corrected chi connectivity index (χ2v) is 13.1.